The molecule has 0 aromatic heterocycles. The highest BCUT2D eigenvalue weighted by Crippen LogP contribution is 2.16. The molecule has 0 aliphatic rings. The highest BCUT2D eigenvalue weighted by Gasteiger charge is 2.33. The van der Waals surface area contributed by atoms with Gasteiger partial charge in [0.25, 0.3) is 5.91 Å². The Bertz CT molecular complexity index is 1350. The van der Waals surface area contributed by atoms with Gasteiger partial charge in [0.15, 0.2) is 0 Å². The zero-order valence-corrected chi connectivity index (χ0v) is 24.6. The van der Waals surface area contributed by atoms with Gasteiger partial charge in [0.2, 0.25) is 23.6 Å². The number of nitroso groups, excluding NO2 is 1. The third-order valence-electron chi connectivity index (χ3n) is 6.35. The van der Waals surface area contributed by atoms with Crippen LogP contribution in [0, 0.1) is 10.8 Å². The number of benzene rings is 2. The van der Waals surface area contributed by atoms with Crippen LogP contribution in [-0.4, -0.2) is 69.9 Å². The Morgan fingerprint density at radius 2 is 1.41 bits per heavy atom. The lowest BCUT2D eigenvalue weighted by molar-refractivity contribution is -0.140. The fraction of sp³-hybridized carbons (Fsp3) is 0.379. The normalized spacial score (nSPS) is 13.4. The van der Waals surface area contributed by atoms with Gasteiger partial charge < -0.3 is 31.5 Å². The van der Waals surface area contributed by atoms with Crippen molar-refractivity contribution in [2.75, 3.05) is 5.01 Å². The molecule has 0 fully saturated rings. The summed E-state index contributed by atoms with van der Waals surface area (Å²) in [6.07, 6.45) is -0.814. The van der Waals surface area contributed by atoms with Crippen LogP contribution in [0.4, 0.5) is 5.69 Å². The number of aliphatic carboxylic acids is 1. The van der Waals surface area contributed by atoms with Gasteiger partial charge in [-0.2, -0.15) is 5.01 Å². The number of rotatable bonds is 15. The van der Waals surface area contributed by atoms with Gasteiger partial charge in [-0.1, -0.05) is 44.2 Å². The minimum atomic E-state index is -1.70. The molecule has 0 heterocycles. The van der Waals surface area contributed by atoms with Gasteiger partial charge in [0.1, 0.15) is 29.9 Å². The molecule has 0 aliphatic carbocycles. The first-order chi connectivity index (χ1) is 20.7. The van der Waals surface area contributed by atoms with Crippen molar-refractivity contribution in [3.8, 4) is 5.75 Å². The average Bonchev–Trinajstić information content (AvgIpc) is 2.96. The van der Waals surface area contributed by atoms with Gasteiger partial charge in [-0.05, 0) is 42.7 Å². The quantitative estimate of drug-likeness (QED) is 0.123. The number of nitrogens with zero attached hydrogens (tertiary/aromatic N) is 2. The largest absolute Gasteiger partial charge is 0.508 e. The number of para-hydroxylation sites is 1. The van der Waals surface area contributed by atoms with Crippen LogP contribution in [0.1, 0.15) is 39.7 Å². The molecule has 0 saturated heterocycles. The number of anilines is 1. The summed E-state index contributed by atoms with van der Waals surface area (Å²) in [5, 5.41) is 31.7. The molecule has 5 amide bonds. The number of carboxylic acids is 1. The molecule has 0 saturated carbocycles. The van der Waals surface area contributed by atoms with Crippen LogP contribution in [-0.2, 0) is 35.2 Å². The Morgan fingerprint density at radius 3 is 1.93 bits per heavy atom. The molecule has 2 aromatic rings. The summed E-state index contributed by atoms with van der Waals surface area (Å²) < 4.78 is 0. The average molecular weight is 613 g/mol. The lowest BCUT2D eigenvalue weighted by Gasteiger charge is -2.27. The van der Waals surface area contributed by atoms with Crippen LogP contribution in [0.5, 0.6) is 5.75 Å². The molecule has 0 radical (unpaired) electrons. The van der Waals surface area contributed by atoms with E-state index in [0.717, 1.165) is 0 Å². The third-order valence-corrected chi connectivity index (χ3v) is 6.35. The molecular weight excluding hydrogens is 576 g/mol. The number of carbonyl (C=O) groups is 6. The first-order valence-electron chi connectivity index (χ1n) is 13.6. The topological polar surface area (TPSA) is 224 Å². The molecule has 2 rings (SSSR count). The van der Waals surface area contributed by atoms with E-state index >= 15 is 0 Å². The summed E-state index contributed by atoms with van der Waals surface area (Å²) in [6, 6.07) is 8.26. The number of nitrogens with one attached hydrogen (secondary N) is 4. The van der Waals surface area contributed by atoms with E-state index in [-0.39, 0.29) is 17.9 Å². The van der Waals surface area contributed by atoms with Crippen LogP contribution in [0.25, 0.3) is 0 Å². The lowest BCUT2D eigenvalue weighted by Crippen LogP contribution is -2.59. The van der Waals surface area contributed by atoms with E-state index in [1.54, 1.807) is 32.0 Å². The Hall–Kier alpha value is -5.34. The summed E-state index contributed by atoms with van der Waals surface area (Å²) >= 11 is 0. The fourth-order valence-electron chi connectivity index (χ4n) is 4.08. The standard InChI is InChI=1S/C29H36N6O9/c1-16(2)25(33-27(41)22(31-18(4)36)14-19-10-12-21(37)13-11-19)28(42)30-17(3)26(40)32-23(15-24(38)39)29(43)35(34-44)20-8-6-5-7-9-20/h5-13,16-17,22-23,25,37H,14-15H2,1-4H3,(H,30,42)(H,31,36)(H,32,40)(H,33,41)(H,38,39)/t17-,22-,23-,25-/m0/s1. The SMILES string of the molecule is CC(=O)N[C@@H](Cc1ccc(O)cc1)C(=O)N[C@H](C(=O)N[C@@H](C)C(=O)N[C@@H](CC(=O)O)C(=O)N(N=O)c1ccccc1)C(C)C. The van der Waals surface area contributed by atoms with Gasteiger partial charge in [-0.25, -0.2) is 0 Å². The first kappa shape index (κ1) is 34.9. The molecule has 44 heavy (non-hydrogen) atoms. The van der Waals surface area contributed by atoms with E-state index in [0.29, 0.717) is 10.6 Å². The smallest absolute Gasteiger partial charge is 0.305 e. The number of hydrogen-bond donors (Lipinski definition) is 6. The maximum absolute atomic E-state index is 13.2. The molecule has 0 bridgehead atoms. The Balaban J connectivity index is 2.14. The van der Waals surface area contributed by atoms with Crippen molar-refractivity contribution < 1.29 is 39.0 Å². The molecule has 6 N–H and O–H groups in total. The second-order valence-electron chi connectivity index (χ2n) is 10.3. The van der Waals surface area contributed by atoms with E-state index in [1.165, 1.54) is 50.2 Å². The molecule has 4 atom stereocenters. The van der Waals surface area contributed by atoms with Crippen molar-refractivity contribution in [2.45, 2.75) is 64.7 Å². The minimum Gasteiger partial charge on any atom is -0.508 e. The van der Waals surface area contributed by atoms with Crippen molar-refractivity contribution >= 4 is 41.2 Å². The zero-order valence-electron chi connectivity index (χ0n) is 24.6. The van der Waals surface area contributed by atoms with Crippen molar-refractivity contribution in [3.63, 3.8) is 0 Å². The fourth-order valence-corrected chi connectivity index (χ4v) is 4.08. The number of aromatic hydroxyl groups is 1. The summed E-state index contributed by atoms with van der Waals surface area (Å²) in [7, 11) is 0. The third kappa shape index (κ3) is 10.5. The molecule has 15 nitrogen and oxygen atoms in total. The van der Waals surface area contributed by atoms with Crippen LogP contribution >= 0.6 is 0 Å². The predicted molar refractivity (Wildman–Crippen MR) is 158 cm³/mol. The monoisotopic (exact) mass is 612 g/mol. The summed E-state index contributed by atoms with van der Waals surface area (Å²) in [6.45, 7) is 5.81. The van der Waals surface area contributed by atoms with E-state index in [1.807, 2.05) is 0 Å². The van der Waals surface area contributed by atoms with Gasteiger partial charge in [0, 0.05) is 13.3 Å². The minimum absolute atomic E-state index is 0.0246. The summed E-state index contributed by atoms with van der Waals surface area (Å²) in [5.74, 6) is -5.85. The van der Waals surface area contributed by atoms with E-state index in [4.69, 9.17) is 0 Å². The van der Waals surface area contributed by atoms with Crippen LogP contribution in [0.15, 0.2) is 59.9 Å². The lowest BCUT2D eigenvalue weighted by atomic mass is 10.0. The van der Waals surface area contributed by atoms with Gasteiger partial charge in [-0.3, -0.25) is 28.8 Å². The zero-order chi connectivity index (χ0) is 33.0. The first-order valence-corrected chi connectivity index (χ1v) is 13.6. The molecule has 0 spiro atoms. The summed E-state index contributed by atoms with van der Waals surface area (Å²) in [5.41, 5.74) is 0.686. The number of phenols is 1. The Morgan fingerprint density at radius 1 is 0.795 bits per heavy atom. The van der Waals surface area contributed by atoms with Crippen LogP contribution in [0.3, 0.4) is 0 Å². The van der Waals surface area contributed by atoms with Crippen LogP contribution < -0.4 is 26.3 Å². The number of carbonyl (C=O) groups excluding carboxylic acids is 5. The Kier molecular flexibility index (Phi) is 12.9. The maximum atomic E-state index is 13.2. The molecule has 15 heteroatoms. The van der Waals surface area contributed by atoms with Crippen molar-refractivity contribution in [2.24, 2.45) is 11.2 Å². The maximum Gasteiger partial charge on any atom is 0.305 e. The molecule has 0 aliphatic heterocycles. The van der Waals surface area contributed by atoms with E-state index < -0.39 is 72.0 Å². The summed E-state index contributed by atoms with van der Waals surface area (Å²) in [4.78, 5) is 86.9. The Labute approximate surface area is 253 Å². The highest BCUT2D eigenvalue weighted by molar-refractivity contribution is 6.01. The molecular formula is C29H36N6O9. The number of carboxylic acid groups (broad SMARTS) is 1. The highest BCUT2D eigenvalue weighted by atomic mass is 16.4. The van der Waals surface area contributed by atoms with Gasteiger partial charge in [-0.15, -0.1) is 4.91 Å². The second kappa shape index (κ2) is 16.3. The molecule has 0 unspecified atom stereocenters. The van der Waals surface area contributed by atoms with E-state index in [9.17, 15) is 43.9 Å². The van der Waals surface area contributed by atoms with Gasteiger partial charge >= 0.3 is 5.97 Å². The second-order valence-corrected chi connectivity index (χ2v) is 10.3. The number of hydrogen-bond acceptors (Lipinski definition) is 9. The molecule has 236 valence electrons. The number of phenolic OH excluding ortho intramolecular Hbond substituents is 1. The van der Waals surface area contributed by atoms with Crippen LogP contribution in [0.2, 0.25) is 0 Å². The molecule has 2 aromatic carbocycles. The van der Waals surface area contributed by atoms with Crippen molar-refractivity contribution in [1.82, 2.24) is 21.3 Å². The van der Waals surface area contributed by atoms with Gasteiger partial charge in [0.05, 0.1) is 17.4 Å². The van der Waals surface area contributed by atoms with Crippen molar-refractivity contribution in [1.29, 1.82) is 0 Å². The van der Waals surface area contributed by atoms with E-state index in [2.05, 4.69) is 26.6 Å². The number of amides is 5. The predicted octanol–water partition coefficient (Wildman–Crippen LogP) is 0.759. The van der Waals surface area contributed by atoms with Crippen molar-refractivity contribution in [3.05, 3.63) is 65.1 Å².